The molecule has 2 heterocycles. The Morgan fingerprint density at radius 2 is 1.76 bits per heavy atom. The van der Waals surface area contributed by atoms with Gasteiger partial charge in [-0.15, -0.1) is 0 Å². The first-order valence-corrected chi connectivity index (χ1v) is 12.4. The van der Waals surface area contributed by atoms with Crippen LogP contribution in [0.25, 0.3) is 0 Å². The van der Waals surface area contributed by atoms with Crippen LogP contribution < -0.4 is 0 Å². The topological polar surface area (TPSA) is 189 Å². The summed E-state index contributed by atoms with van der Waals surface area (Å²) in [5.74, 6) is -4.37. The second-order valence-corrected chi connectivity index (χ2v) is 10.6. The molecule has 5 N–H and O–H groups in total. The number of esters is 2. The van der Waals surface area contributed by atoms with Crippen LogP contribution in [0.15, 0.2) is 36.5 Å². The molecule has 38 heavy (non-hydrogen) atoms. The van der Waals surface area contributed by atoms with E-state index in [0.29, 0.717) is 11.1 Å². The zero-order chi connectivity index (χ0) is 28.3. The minimum absolute atomic E-state index is 0.0646. The van der Waals surface area contributed by atoms with E-state index >= 15 is 0 Å². The predicted octanol–water partition coefficient (Wildman–Crippen LogP) is -1.33. The summed E-state index contributed by atoms with van der Waals surface area (Å²) in [7, 11) is 0. The van der Waals surface area contributed by atoms with Crippen LogP contribution in [0.2, 0.25) is 0 Å². The van der Waals surface area contributed by atoms with Crippen LogP contribution in [0, 0.1) is 17.8 Å². The first kappa shape index (κ1) is 28.6. The number of hydrogen-bond acceptors (Lipinski definition) is 12. The molecule has 0 aromatic heterocycles. The molecule has 4 rings (SSSR count). The zero-order valence-corrected chi connectivity index (χ0v) is 21.2. The summed E-state index contributed by atoms with van der Waals surface area (Å²) in [6.45, 7) is 13.6. The van der Waals surface area contributed by atoms with Gasteiger partial charge < -0.3 is 44.5 Å². The average molecular weight is 539 g/mol. The van der Waals surface area contributed by atoms with Crippen molar-refractivity contribution in [2.45, 2.75) is 81.3 Å². The molecule has 12 nitrogen and oxygen atoms in total. The molecule has 2 aliphatic heterocycles. The maximum Gasteiger partial charge on any atom is 0.345 e. The number of hydrogen-bond donors (Lipinski definition) is 5. The highest BCUT2D eigenvalue weighted by Gasteiger charge is 2.58. The van der Waals surface area contributed by atoms with Crippen molar-refractivity contribution in [3.05, 3.63) is 36.5 Å². The summed E-state index contributed by atoms with van der Waals surface area (Å²) < 4.78 is 22.6. The fraction of sp³-hybridized carbons (Fsp3) is 0.654. The summed E-state index contributed by atoms with van der Waals surface area (Å²) in [5, 5.41) is 50.3. The minimum Gasteiger partial charge on any atom is -0.459 e. The minimum atomic E-state index is -2.38. The molecule has 4 fully saturated rings. The van der Waals surface area contributed by atoms with Gasteiger partial charge >= 0.3 is 11.9 Å². The lowest BCUT2D eigenvalue weighted by Crippen LogP contribution is -2.59. The van der Waals surface area contributed by atoms with E-state index in [1.165, 1.54) is 0 Å². The Morgan fingerprint density at radius 3 is 2.37 bits per heavy atom. The maximum atomic E-state index is 12.7. The molecule has 2 aliphatic carbocycles. The van der Waals surface area contributed by atoms with E-state index < -0.39 is 90.8 Å². The Morgan fingerprint density at radius 1 is 1.11 bits per heavy atom. The highest BCUT2D eigenvalue weighted by molar-refractivity contribution is 6.05. The van der Waals surface area contributed by atoms with Crippen LogP contribution >= 0.6 is 0 Å². The van der Waals surface area contributed by atoms with Gasteiger partial charge in [0.15, 0.2) is 12.1 Å². The molecule has 210 valence electrons. The van der Waals surface area contributed by atoms with Crippen LogP contribution in [-0.2, 0) is 33.3 Å². The van der Waals surface area contributed by atoms with Crippen LogP contribution in [0.1, 0.15) is 26.7 Å². The van der Waals surface area contributed by atoms with Crippen molar-refractivity contribution in [3.8, 4) is 0 Å². The molecule has 12 heteroatoms. The lowest BCUT2D eigenvalue weighted by molar-refractivity contribution is -0.308. The van der Waals surface area contributed by atoms with Crippen molar-refractivity contribution in [2.24, 2.45) is 17.8 Å². The number of carbonyl (C=O) groups is 3. The van der Waals surface area contributed by atoms with E-state index in [1.807, 2.05) is 0 Å². The van der Waals surface area contributed by atoms with Gasteiger partial charge in [0, 0.05) is 17.9 Å². The second-order valence-electron chi connectivity index (χ2n) is 10.6. The molecular formula is C26H34O12. The summed E-state index contributed by atoms with van der Waals surface area (Å²) >= 11 is 0. The Kier molecular flexibility index (Phi) is 7.71. The summed E-state index contributed by atoms with van der Waals surface area (Å²) in [6, 6.07) is 0. The van der Waals surface area contributed by atoms with Gasteiger partial charge in [-0.05, 0) is 31.8 Å². The Labute approximate surface area is 219 Å². The van der Waals surface area contributed by atoms with Crippen molar-refractivity contribution in [1.82, 2.24) is 0 Å². The van der Waals surface area contributed by atoms with Gasteiger partial charge in [0.2, 0.25) is 5.60 Å². The van der Waals surface area contributed by atoms with E-state index in [1.54, 1.807) is 0 Å². The molecule has 0 aromatic carbocycles. The van der Waals surface area contributed by atoms with Crippen LogP contribution in [-0.4, -0.2) is 104 Å². The highest BCUT2D eigenvalue weighted by Crippen LogP contribution is 2.53. The van der Waals surface area contributed by atoms with Crippen molar-refractivity contribution >= 4 is 17.7 Å². The molecule has 12 atom stereocenters. The van der Waals surface area contributed by atoms with Crippen LogP contribution in [0.3, 0.4) is 0 Å². The van der Waals surface area contributed by atoms with Crippen LogP contribution in [0.5, 0.6) is 0 Å². The molecule has 0 aromatic rings. The van der Waals surface area contributed by atoms with Crippen LogP contribution in [0.4, 0.5) is 0 Å². The Bertz CT molecular complexity index is 1050. The van der Waals surface area contributed by atoms with E-state index in [4.69, 9.17) is 18.9 Å². The molecule has 1 unspecified atom stereocenters. The maximum absolute atomic E-state index is 12.7. The zero-order valence-electron chi connectivity index (χ0n) is 21.2. The Balaban J connectivity index is 1.58. The molecule has 0 amide bonds. The van der Waals surface area contributed by atoms with E-state index in [-0.39, 0.29) is 24.3 Å². The number of aliphatic hydroxyl groups is 5. The van der Waals surface area contributed by atoms with Crippen molar-refractivity contribution in [3.63, 3.8) is 0 Å². The quantitative estimate of drug-likeness (QED) is 0.116. The molecule has 2 saturated carbocycles. The molecule has 0 spiro atoms. The fourth-order valence-corrected chi connectivity index (χ4v) is 5.73. The second kappa shape index (κ2) is 10.3. The van der Waals surface area contributed by atoms with Gasteiger partial charge in [-0.2, -0.15) is 0 Å². The normalized spacial score (nSPS) is 42.6. The fourth-order valence-electron chi connectivity index (χ4n) is 5.73. The average Bonchev–Trinajstić information content (AvgIpc) is 3.29. The molecule has 0 radical (unpaired) electrons. The van der Waals surface area contributed by atoms with Gasteiger partial charge in [-0.1, -0.05) is 25.3 Å². The molecule has 0 bridgehead atoms. The van der Waals surface area contributed by atoms with E-state index in [0.717, 1.165) is 13.8 Å². The van der Waals surface area contributed by atoms with Gasteiger partial charge in [-0.3, -0.25) is 4.79 Å². The van der Waals surface area contributed by atoms with E-state index in [2.05, 4.69) is 19.7 Å². The van der Waals surface area contributed by atoms with Crippen molar-refractivity contribution in [2.75, 3.05) is 6.61 Å². The van der Waals surface area contributed by atoms with Crippen molar-refractivity contribution in [1.29, 1.82) is 0 Å². The number of fused-ring (bicyclic) bond motifs is 3. The molecular weight excluding hydrogens is 504 g/mol. The Hall–Kier alpha value is -2.45. The number of Topliss-reactive ketones (excluding diaryl/α,β-unsaturated/α-hetero) is 1. The van der Waals surface area contributed by atoms with Gasteiger partial charge in [-0.25, -0.2) is 9.59 Å². The van der Waals surface area contributed by atoms with Gasteiger partial charge in [0.1, 0.15) is 36.6 Å². The monoisotopic (exact) mass is 538 g/mol. The molecule has 4 aliphatic rings. The standard InChI is InChI=1S/C26H34O12/c1-9-6-15(37-25(33)26(5,34)12(4)28)18-11(3)23(32)38-22(18)17-10(2)14(7-13(9)17)35-24-21(31)20(30)19(29)16(8-27)36-24/h13-22,24,27,29-31,34H,1-3,6-8H2,4-5H3/t13-,14-,15+,16+,17-,18+,19+,20-,21+,22+,24+,26?/m0/s1. The lowest BCUT2D eigenvalue weighted by Gasteiger charge is -2.40. The first-order valence-electron chi connectivity index (χ1n) is 12.4. The lowest BCUT2D eigenvalue weighted by atomic mass is 9.81. The number of ketones is 1. The summed E-state index contributed by atoms with van der Waals surface area (Å²) in [6.07, 6.45) is -9.55. The number of rotatable bonds is 6. The summed E-state index contributed by atoms with van der Waals surface area (Å²) in [5.41, 5.74) is -1.21. The SMILES string of the molecule is C=C1C(=O)O[C@@H]2[C@H]3C(=C)[C@@H](O[C@@H]4O[C@H](CO)[C@@H](O)[C@H](O)[C@H]4O)C[C@H]3C(=C)C[C@@H](OC(=O)C(C)(O)C(C)=O)[C@@H]12. The first-order chi connectivity index (χ1) is 17.7. The highest BCUT2D eigenvalue weighted by atomic mass is 16.7. The largest absolute Gasteiger partial charge is 0.459 e. The molecule has 2 saturated heterocycles. The third-order valence-electron chi connectivity index (χ3n) is 8.24. The predicted molar refractivity (Wildman–Crippen MR) is 127 cm³/mol. The number of ether oxygens (including phenoxy) is 4. The van der Waals surface area contributed by atoms with Gasteiger partial charge in [0.05, 0.1) is 18.6 Å². The van der Waals surface area contributed by atoms with Gasteiger partial charge in [0.25, 0.3) is 0 Å². The smallest absolute Gasteiger partial charge is 0.345 e. The number of aliphatic hydroxyl groups excluding tert-OH is 4. The van der Waals surface area contributed by atoms with Crippen molar-refractivity contribution < 1.29 is 58.9 Å². The number of carbonyl (C=O) groups excluding carboxylic acids is 3. The third kappa shape index (κ3) is 4.64. The van der Waals surface area contributed by atoms with E-state index in [9.17, 15) is 39.9 Å². The summed E-state index contributed by atoms with van der Waals surface area (Å²) in [4.78, 5) is 37.0. The third-order valence-corrected chi connectivity index (χ3v) is 8.24.